The van der Waals surface area contributed by atoms with Crippen LogP contribution in [0.3, 0.4) is 0 Å². The second-order valence-electron chi connectivity index (χ2n) is 9.04. The standard InChI is InChI=1S/C25H34F4O/c1-2-3-4-5-6-17-7-9-18(10-8-17)19-11-13-20(14-12-19)21-15-22(26)24(23(27)16-21)30-25(28)29/h3-4,15-20,25H,2,5-14H2,1H3/b4-3+/t17-,18-,19-,20-. The predicted molar refractivity (Wildman–Crippen MR) is 112 cm³/mol. The molecule has 2 saturated carbocycles. The van der Waals surface area contributed by atoms with Crippen molar-refractivity contribution in [2.24, 2.45) is 17.8 Å². The Labute approximate surface area is 177 Å². The minimum atomic E-state index is -3.24. The molecule has 168 valence electrons. The van der Waals surface area contributed by atoms with E-state index in [-0.39, 0.29) is 5.92 Å². The third-order valence-electron chi connectivity index (χ3n) is 7.17. The average molecular weight is 427 g/mol. The monoisotopic (exact) mass is 426 g/mol. The fourth-order valence-electron chi connectivity index (χ4n) is 5.51. The van der Waals surface area contributed by atoms with Gasteiger partial charge in [0.05, 0.1) is 0 Å². The van der Waals surface area contributed by atoms with Gasteiger partial charge in [-0.25, -0.2) is 8.78 Å². The van der Waals surface area contributed by atoms with Gasteiger partial charge in [-0.05, 0) is 99.2 Å². The number of rotatable bonds is 8. The smallest absolute Gasteiger partial charge is 0.387 e. The van der Waals surface area contributed by atoms with Gasteiger partial charge in [0.25, 0.3) is 0 Å². The van der Waals surface area contributed by atoms with Gasteiger partial charge >= 0.3 is 6.61 Å². The van der Waals surface area contributed by atoms with E-state index in [9.17, 15) is 17.6 Å². The van der Waals surface area contributed by atoms with Crippen LogP contribution in [0.15, 0.2) is 24.3 Å². The van der Waals surface area contributed by atoms with Crippen molar-refractivity contribution < 1.29 is 22.3 Å². The second kappa shape index (κ2) is 11.2. The molecule has 0 bridgehead atoms. The van der Waals surface area contributed by atoms with Gasteiger partial charge in [0.1, 0.15) is 0 Å². The van der Waals surface area contributed by atoms with Crippen molar-refractivity contribution in [3.05, 3.63) is 41.5 Å². The van der Waals surface area contributed by atoms with Gasteiger partial charge in [-0.3, -0.25) is 0 Å². The Morgan fingerprint density at radius 3 is 2.00 bits per heavy atom. The lowest BCUT2D eigenvalue weighted by molar-refractivity contribution is -0.0546. The van der Waals surface area contributed by atoms with Crippen LogP contribution in [-0.4, -0.2) is 6.61 Å². The maximum Gasteiger partial charge on any atom is 0.387 e. The van der Waals surface area contributed by atoms with Crippen molar-refractivity contribution in [2.75, 3.05) is 0 Å². The van der Waals surface area contributed by atoms with Crippen LogP contribution in [0.2, 0.25) is 0 Å². The lowest BCUT2D eigenvalue weighted by Gasteiger charge is -2.38. The number of halogens is 4. The van der Waals surface area contributed by atoms with E-state index < -0.39 is 24.0 Å². The third-order valence-corrected chi connectivity index (χ3v) is 7.17. The summed E-state index contributed by atoms with van der Waals surface area (Å²) in [4.78, 5) is 0. The van der Waals surface area contributed by atoms with Gasteiger partial charge in [0, 0.05) is 0 Å². The van der Waals surface area contributed by atoms with Crippen LogP contribution in [-0.2, 0) is 0 Å². The van der Waals surface area contributed by atoms with Gasteiger partial charge in [-0.2, -0.15) is 8.78 Å². The van der Waals surface area contributed by atoms with E-state index in [1.165, 1.54) is 50.7 Å². The first-order valence-corrected chi connectivity index (χ1v) is 11.6. The Bertz CT molecular complexity index is 663. The molecule has 0 unspecified atom stereocenters. The number of allylic oxidation sites excluding steroid dienone is 2. The molecule has 2 fully saturated rings. The largest absolute Gasteiger partial charge is 0.429 e. The van der Waals surface area contributed by atoms with Crippen LogP contribution < -0.4 is 4.74 Å². The van der Waals surface area contributed by atoms with Crippen molar-refractivity contribution in [1.29, 1.82) is 0 Å². The van der Waals surface area contributed by atoms with Crippen LogP contribution in [0.25, 0.3) is 0 Å². The van der Waals surface area contributed by atoms with Gasteiger partial charge < -0.3 is 4.74 Å². The summed E-state index contributed by atoms with van der Waals surface area (Å²) in [6.07, 6.45) is 17.4. The number of ether oxygens (including phenoxy) is 1. The fourth-order valence-corrected chi connectivity index (χ4v) is 5.51. The quantitative estimate of drug-likeness (QED) is 0.299. The molecule has 0 saturated heterocycles. The molecule has 30 heavy (non-hydrogen) atoms. The number of alkyl halides is 2. The van der Waals surface area contributed by atoms with Gasteiger partial charge in [0.2, 0.25) is 0 Å². The molecule has 1 aromatic rings. The van der Waals surface area contributed by atoms with E-state index in [0.29, 0.717) is 11.5 Å². The topological polar surface area (TPSA) is 9.23 Å². The number of hydrogen-bond donors (Lipinski definition) is 0. The summed E-state index contributed by atoms with van der Waals surface area (Å²) >= 11 is 0. The van der Waals surface area contributed by atoms with Crippen LogP contribution >= 0.6 is 0 Å². The zero-order valence-corrected chi connectivity index (χ0v) is 17.9. The Morgan fingerprint density at radius 1 is 0.900 bits per heavy atom. The molecule has 0 amide bonds. The molecule has 0 N–H and O–H groups in total. The lowest BCUT2D eigenvalue weighted by Crippen LogP contribution is -2.25. The predicted octanol–water partition coefficient (Wildman–Crippen LogP) is 8.39. The minimum Gasteiger partial charge on any atom is -0.429 e. The molecule has 0 aromatic heterocycles. The highest BCUT2D eigenvalue weighted by molar-refractivity contribution is 5.33. The molecule has 5 heteroatoms. The first-order chi connectivity index (χ1) is 14.5. The maximum atomic E-state index is 14.1. The zero-order chi connectivity index (χ0) is 21.5. The van der Waals surface area contributed by atoms with E-state index in [1.54, 1.807) is 0 Å². The van der Waals surface area contributed by atoms with Crippen molar-refractivity contribution >= 4 is 0 Å². The second-order valence-corrected chi connectivity index (χ2v) is 9.04. The highest BCUT2D eigenvalue weighted by Crippen LogP contribution is 2.45. The van der Waals surface area contributed by atoms with Crippen LogP contribution in [0.4, 0.5) is 17.6 Å². The molecule has 0 spiro atoms. The van der Waals surface area contributed by atoms with Crippen LogP contribution in [0.1, 0.15) is 89.0 Å². The Balaban J connectivity index is 1.47. The van der Waals surface area contributed by atoms with Crippen molar-refractivity contribution in [3.8, 4) is 5.75 Å². The molecule has 0 atom stereocenters. The molecule has 0 heterocycles. The zero-order valence-electron chi connectivity index (χ0n) is 17.9. The Hall–Kier alpha value is -1.52. The minimum absolute atomic E-state index is 0.0903. The van der Waals surface area contributed by atoms with E-state index in [2.05, 4.69) is 23.8 Å². The van der Waals surface area contributed by atoms with Crippen LogP contribution in [0, 0.1) is 29.4 Å². The van der Waals surface area contributed by atoms with Gasteiger partial charge in [-0.15, -0.1) is 0 Å². The van der Waals surface area contributed by atoms with Crippen LogP contribution in [0.5, 0.6) is 5.75 Å². The molecular formula is C25H34F4O. The summed E-state index contributed by atoms with van der Waals surface area (Å²) in [6, 6.07) is 2.34. The van der Waals surface area contributed by atoms with E-state index in [1.807, 2.05) is 0 Å². The Morgan fingerprint density at radius 2 is 1.47 bits per heavy atom. The first-order valence-electron chi connectivity index (χ1n) is 11.6. The summed E-state index contributed by atoms with van der Waals surface area (Å²) in [5.74, 6) is -0.628. The molecule has 2 aliphatic carbocycles. The summed E-state index contributed by atoms with van der Waals surface area (Å²) in [7, 11) is 0. The van der Waals surface area contributed by atoms with Gasteiger partial charge in [-0.1, -0.05) is 31.9 Å². The number of hydrogen-bond acceptors (Lipinski definition) is 1. The molecule has 3 rings (SSSR count). The third kappa shape index (κ3) is 6.24. The Kier molecular flexibility index (Phi) is 8.64. The van der Waals surface area contributed by atoms with E-state index >= 15 is 0 Å². The highest BCUT2D eigenvalue weighted by Gasteiger charge is 2.31. The van der Waals surface area contributed by atoms with Crippen molar-refractivity contribution in [2.45, 2.75) is 90.1 Å². The summed E-state index contributed by atoms with van der Waals surface area (Å²) in [5.41, 5.74) is 0.564. The first kappa shape index (κ1) is 23.1. The average Bonchev–Trinajstić information content (AvgIpc) is 2.74. The van der Waals surface area contributed by atoms with Crippen molar-refractivity contribution in [1.82, 2.24) is 0 Å². The van der Waals surface area contributed by atoms with Crippen molar-refractivity contribution in [3.63, 3.8) is 0 Å². The fraction of sp³-hybridized carbons (Fsp3) is 0.680. The number of benzene rings is 1. The molecule has 1 nitrogen and oxygen atoms in total. The summed E-state index contributed by atoms with van der Waals surface area (Å²) in [5, 5.41) is 0. The molecule has 1 aromatic carbocycles. The lowest BCUT2D eigenvalue weighted by atomic mass is 9.68. The van der Waals surface area contributed by atoms with E-state index in [0.717, 1.165) is 43.9 Å². The maximum absolute atomic E-state index is 14.1. The molecule has 0 radical (unpaired) electrons. The van der Waals surface area contributed by atoms with E-state index in [4.69, 9.17) is 0 Å². The molecule has 0 aliphatic heterocycles. The highest BCUT2D eigenvalue weighted by atomic mass is 19.3. The normalized spacial score (nSPS) is 27.7. The summed E-state index contributed by atoms with van der Waals surface area (Å²) in [6.45, 7) is -1.07. The van der Waals surface area contributed by atoms with Gasteiger partial charge in [0.15, 0.2) is 17.4 Å². The molecular weight excluding hydrogens is 392 g/mol. The SMILES string of the molecule is CC/C=C/CC[C@H]1CC[C@H]([C@H]2CC[C@H](c3cc(F)c(OC(F)F)c(F)c3)CC2)CC1. The molecule has 2 aliphatic rings. The summed E-state index contributed by atoms with van der Waals surface area (Å²) < 4.78 is 56.7.